The third-order valence-corrected chi connectivity index (χ3v) is 5.50. The van der Waals surface area contributed by atoms with Gasteiger partial charge in [0.25, 0.3) is 0 Å². The highest BCUT2D eigenvalue weighted by Crippen LogP contribution is 2.42. The number of rotatable bonds is 1. The lowest BCUT2D eigenvalue weighted by molar-refractivity contribution is 0.494. The minimum atomic E-state index is 0.811. The van der Waals surface area contributed by atoms with Gasteiger partial charge in [0.2, 0.25) is 0 Å². The zero-order valence-electron chi connectivity index (χ0n) is 11.7. The van der Waals surface area contributed by atoms with Crippen LogP contribution in [0.2, 0.25) is 5.02 Å². The number of benzene rings is 2. The first kappa shape index (κ1) is 13.3. The molecule has 2 heterocycles. The zero-order chi connectivity index (χ0) is 14.2. The molecule has 2 aromatic rings. The molecule has 0 amide bonds. The first-order valence-electron chi connectivity index (χ1n) is 7.35. The van der Waals surface area contributed by atoms with Crippen LogP contribution in [0, 0.1) is 0 Å². The zero-order valence-corrected chi connectivity index (χ0v) is 13.3. The predicted molar refractivity (Wildman–Crippen MR) is 90.7 cm³/mol. The third kappa shape index (κ3) is 2.47. The molecule has 0 radical (unpaired) electrons. The van der Waals surface area contributed by atoms with E-state index < -0.39 is 0 Å². The fraction of sp³-hybridized carbons (Fsp3) is 0.222. The molecule has 2 aliphatic heterocycles. The fourth-order valence-corrected chi connectivity index (χ4v) is 4.26. The first-order chi connectivity index (χ1) is 10.3. The van der Waals surface area contributed by atoms with Crippen LogP contribution in [0.4, 0.5) is 0 Å². The summed E-state index contributed by atoms with van der Waals surface area (Å²) in [6.07, 6.45) is 4.89. The monoisotopic (exact) mass is 313 g/mol. The van der Waals surface area contributed by atoms with Gasteiger partial charge in [0.1, 0.15) is 0 Å². The Morgan fingerprint density at radius 1 is 0.952 bits per heavy atom. The maximum Gasteiger partial charge on any atom is 0.0458 e. The minimum Gasteiger partial charge on any atom is -0.371 e. The molecule has 2 aliphatic rings. The molecule has 1 saturated heterocycles. The average molecular weight is 314 g/mol. The van der Waals surface area contributed by atoms with Crippen LogP contribution in [-0.4, -0.2) is 18.0 Å². The molecule has 1 nitrogen and oxygen atoms in total. The second-order valence-electron chi connectivity index (χ2n) is 5.50. The molecule has 3 heteroatoms. The Hall–Kier alpha value is -1.38. The van der Waals surface area contributed by atoms with Gasteiger partial charge < -0.3 is 4.90 Å². The molecule has 0 atom stereocenters. The lowest BCUT2D eigenvalue weighted by atomic mass is 10.1. The van der Waals surface area contributed by atoms with Crippen molar-refractivity contribution in [2.45, 2.75) is 22.6 Å². The first-order valence-corrected chi connectivity index (χ1v) is 8.54. The van der Waals surface area contributed by atoms with Gasteiger partial charge in [0.15, 0.2) is 0 Å². The molecule has 106 valence electrons. The van der Waals surface area contributed by atoms with E-state index in [0.29, 0.717) is 0 Å². The van der Waals surface area contributed by atoms with Crippen LogP contribution in [0.5, 0.6) is 0 Å². The van der Waals surface area contributed by atoms with Crippen molar-refractivity contribution in [2.24, 2.45) is 0 Å². The maximum atomic E-state index is 6.26. The average Bonchev–Trinajstić information content (AvgIpc) is 2.97. The largest absolute Gasteiger partial charge is 0.371 e. The molecular weight excluding hydrogens is 298 g/mol. The van der Waals surface area contributed by atoms with Crippen molar-refractivity contribution in [3.05, 3.63) is 58.6 Å². The van der Waals surface area contributed by atoms with Crippen molar-refractivity contribution < 1.29 is 0 Å². The van der Waals surface area contributed by atoms with Crippen LogP contribution in [0.1, 0.15) is 24.0 Å². The molecule has 0 aliphatic carbocycles. The summed E-state index contributed by atoms with van der Waals surface area (Å²) < 4.78 is 0. The Morgan fingerprint density at radius 2 is 1.76 bits per heavy atom. The number of likely N-dealkylation sites (tertiary alicyclic amines) is 1. The molecule has 0 spiro atoms. The van der Waals surface area contributed by atoms with Gasteiger partial charge in [-0.15, -0.1) is 0 Å². The van der Waals surface area contributed by atoms with E-state index in [-0.39, 0.29) is 0 Å². The highest BCUT2D eigenvalue weighted by atomic mass is 35.5. The van der Waals surface area contributed by atoms with E-state index >= 15 is 0 Å². The molecule has 1 fully saturated rings. The third-order valence-electron chi connectivity index (χ3n) is 4.10. The quantitative estimate of drug-likeness (QED) is 0.693. The normalized spacial score (nSPS) is 17.0. The van der Waals surface area contributed by atoms with E-state index in [1.807, 2.05) is 17.8 Å². The Labute approximate surface area is 134 Å². The topological polar surface area (TPSA) is 3.24 Å². The van der Waals surface area contributed by atoms with E-state index in [1.165, 1.54) is 39.5 Å². The van der Waals surface area contributed by atoms with E-state index in [9.17, 15) is 0 Å². The smallest absolute Gasteiger partial charge is 0.0458 e. The van der Waals surface area contributed by atoms with Gasteiger partial charge in [-0.2, -0.15) is 0 Å². The summed E-state index contributed by atoms with van der Waals surface area (Å²) in [7, 11) is 0. The van der Waals surface area contributed by atoms with E-state index in [2.05, 4.69) is 47.4 Å². The Morgan fingerprint density at radius 3 is 2.62 bits per heavy atom. The minimum absolute atomic E-state index is 0.811. The predicted octanol–water partition coefficient (Wildman–Crippen LogP) is 5.40. The summed E-state index contributed by atoms with van der Waals surface area (Å²) in [5.74, 6) is 0. The Kier molecular flexibility index (Phi) is 3.44. The van der Waals surface area contributed by atoms with Crippen LogP contribution in [-0.2, 0) is 0 Å². The van der Waals surface area contributed by atoms with E-state index in [1.54, 1.807) is 0 Å². The molecule has 2 aromatic carbocycles. The van der Waals surface area contributed by atoms with Crippen molar-refractivity contribution >= 4 is 35.1 Å². The van der Waals surface area contributed by atoms with Gasteiger partial charge in [-0.25, -0.2) is 0 Å². The van der Waals surface area contributed by atoms with Gasteiger partial charge in [0.05, 0.1) is 0 Å². The molecule has 21 heavy (non-hydrogen) atoms. The highest BCUT2D eigenvalue weighted by molar-refractivity contribution is 7.99. The van der Waals surface area contributed by atoms with Gasteiger partial charge in [-0.3, -0.25) is 0 Å². The van der Waals surface area contributed by atoms with Gasteiger partial charge >= 0.3 is 0 Å². The second-order valence-corrected chi connectivity index (χ2v) is 7.02. The molecule has 0 unspecified atom stereocenters. The van der Waals surface area contributed by atoms with Crippen molar-refractivity contribution in [1.29, 1.82) is 0 Å². The molecule has 0 bridgehead atoms. The standard InChI is InChI=1S/C18H16ClNS/c19-14-7-8-18-15(12-14)16(20-9-3-4-10-20)11-13-5-1-2-6-17(13)21-18/h1-2,5-8,11-12H,3-4,9-10H2. The summed E-state index contributed by atoms with van der Waals surface area (Å²) in [5.41, 5.74) is 3.89. The van der Waals surface area contributed by atoms with Crippen molar-refractivity contribution in [3.8, 4) is 0 Å². The van der Waals surface area contributed by atoms with Crippen LogP contribution >= 0.6 is 23.4 Å². The molecule has 0 aromatic heterocycles. The van der Waals surface area contributed by atoms with Crippen LogP contribution in [0.3, 0.4) is 0 Å². The van der Waals surface area contributed by atoms with Gasteiger partial charge in [-0.05, 0) is 48.7 Å². The molecule has 4 rings (SSSR count). The van der Waals surface area contributed by atoms with Crippen molar-refractivity contribution in [1.82, 2.24) is 4.90 Å². The maximum absolute atomic E-state index is 6.26. The summed E-state index contributed by atoms with van der Waals surface area (Å²) in [5, 5.41) is 0.811. The van der Waals surface area contributed by atoms with E-state index in [4.69, 9.17) is 11.6 Å². The van der Waals surface area contributed by atoms with Crippen LogP contribution < -0.4 is 0 Å². The Balaban J connectivity index is 1.92. The summed E-state index contributed by atoms with van der Waals surface area (Å²) in [6.45, 7) is 2.29. The molecule has 0 N–H and O–H groups in total. The van der Waals surface area contributed by atoms with Gasteiger partial charge in [0, 0.05) is 39.2 Å². The lowest BCUT2D eigenvalue weighted by Crippen LogP contribution is -2.17. The highest BCUT2D eigenvalue weighted by Gasteiger charge is 2.22. The van der Waals surface area contributed by atoms with Crippen molar-refractivity contribution in [3.63, 3.8) is 0 Å². The summed E-state index contributed by atoms with van der Waals surface area (Å²) in [6, 6.07) is 14.9. The molecule has 0 saturated carbocycles. The summed E-state index contributed by atoms with van der Waals surface area (Å²) >= 11 is 8.10. The number of fused-ring (bicyclic) bond motifs is 2. The lowest BCUT2D eigenvalue weighted by Gasteiger charge is -2.22. The van der Waals surface area contributed by atoms with E-state index in [0.717, 1.165) is 18.1 Å². The number of nitrogens with zero attached hydrogens (tertiary/aromatic N) is 1. The van der Waals surface area contributed by atoms with Crippen LogP contribution in [0.15, 0.2) is 52.3 Å². The summed E-state index contributed by atoms with van der Waals surface area (Å²) in [4.78, 5) is 5.11. The van der Waals surface area contributed by atoms with Gasteiger partial charge in [-0.1, -0.05) is 41.6 Å². The Bertz CT molecular complexity index is 717. The van der Waals surface area contributed by atoms with Crippen LogP contribution in [0.25, 0.3) is 11.8 Å². The number of hydrogen-bond donors (Lipinski definition) is 0. The SMILES string of the molecule is Clc1ccc2c(c1)C(N1CCCC1)=Cc1ccccc1S2. The number of halogens is 1. The fourth-order valence-electron chi connectivity index (χ4n) is 3.05. The molecular formula is C18H16ClNS. The van der Waals surface area contributed by atoms with Crippen molar-refractivity contribution in [2.75, 3.05) is 13.1 Å². The number of hydrogen-bond acceptors (Lipinski definition) is 2. The second kappa shape index (κ2) is 5.43.